The molecule has 1 unspecified atom stereocenters. The lowest BCUT2D eigenvalue weighted by atomic mass is 10.1. The third-order valence-corrected chi connectivity index (χ3v) is 4.00. The normalized spacial score (nSPS) is 11.5. The molecule has 122 valence electrons. The summed E-state index contributed by atoms with van der Waals surface area (Å²) >= 11 is 1.40. The number of ether oxygens (including phenoxy) is 2. The van der Waals surface area contributed by atoms with Crippen molar-refractivity contribution in [2.24, 2.45) is 0 Å². The monoisotopic (exact) mass is 335 g/mol. The van der Waals surface area contributed by atoms with E-state index in [9.17, 15) is 9.59 Å². The molecule has 0 aliphatic carbocycles. The second kappa shape index (κ2) is 8.19. The number of thiophene rings is 1. The largest absolute Gasteiger partial charge is 0.497 e. The summed E-state index contributed by atoms with van der Waals surface area (Å²) < 4.78 is 10.5. The number of nitrogens with one attached hydrogen (secondary N) is 1. The molecule has 0 bridgehead atoms. The van der Waals surface area contributed by atoms with Crippen LogP contribution in [0.15, 0.2) is 41.8 Å². The molecule has 0 spiro atoms. The van der Waals surface area contributed by atoms with Gasteiger partial charge in [-0.3, -0.25) is 9.59 Å². The Kier molecular flexibility index (Phi) is 5.99. The van der Waals surface area contributed by atoms with Crippen molar-refractivity contribution < 1.29 is 24.2 Å². The number of carbonyl (C=O) groups excluding carboxylic acids is 1. The van der Waals surface area contributed by atoms with E-state index in [1.807, 2.05) is 11.4 Å². The van der Waals surface area contributed by atoms with Crippen LogP contribution in [0.5, 0.6) is 11.5 Å². The van der Waals surface area contributed by atoms with E-state index in [1.54, 1.807) is 37.4 Å². The van der Waals surface area contributed by atoms with E-state index in [1.165, 1.54) is 11.3 Å². The first-order chi connectivity index (χ1) is 11.1. The third kappa shape index (κ3) is 5.30. The number of methoxy groups -OCH3 is 1. The molecule has 1 aromatic heterocycles. The van der Waals surface area contributed by atoms with Gasteiger partial charge in [-0.15, -0.1) is 11.3 Å². The van der Waals surface area contributed by atoms with Gasteiger partial charge in [0, 0.05) is 10.9 Å². The minimum absolute atomic E-state index is 0.175. The summed E-state index contributed by atoms with van der Waals surface area (Å²) in [5, 5.41) is 13.5. The summed E-state index contributed by atoms with van der Waals surface area (Å²) in [4.78, 5) is 23.7. The van der Waals surface area contributed by atoms with Gasteiger partial charge < -0.3 is 19.9 Å². The molecule has 0 saturated heterocycles. The maximum atomic E-state index is 12.0. The van der Waals surface area contributed by atoms with Crippen molar-refractivity contribution in [2.75, 3.05) is 13.7 Å². The van der Waals surface area contributed by atoms with E-state index in [0.29, 0.717) is 11.5 Å². The number of hydrogen-bond acceptors (Lipinski definition) is 5. The molecular weight excluding hydrogens is 318 g/mol. The fourth-order valence-electron chi connectivity index (χ4n) is 1.96. The molecule has 0 aliphatic rings. The van der Waals surface area contributed by atoms with Crippen LogP contribution in [0, 0.1) is 0 Å². The minimum atomic E-state index is -0.975. The van der Waals surface area contributed by atoms with Crippen molar-refractivity contribution in [3.05, 3.63) is 46.7 Å². The number of amides is 1. The van der Waals surface area contributed by atoms with E-state index in [4.69, 9.17) is 14.6 Å². The van der Waals surface area contributed by atoms with Gasteiger partial charge in [-0.25, -0.2) is 0 Å². The fraction of sp³-hybridized carbons (Fsp3) is 0.250. The molecular formula is C16H17NO5S. The average molecular weight is 335 g/mol. The highest BCUT2D eigenvalue weighted by Gasteiger charge is 2.19. The molecule has 2 rings (SSSR count). The van der Waals surface area contributed by atoms with Crippen LogP contribution in [0.2, 0.25) is 0 Å². The van der Waals surface area contributed by atoms with Crippen LogP contribution < -0.4 is 14.8 Å². The van der Waals surface area contributed by atoms with E-state index >= 15 is 0 Å². The Morgan fingerprint density at radius 2 is 2.04 bits per heavy atom. The van der Waals surface area contributed by atoms with Gasteiger partial charge in [0.25, 0.3) is 5.91 Å². The molecule has 2 aromatic rings. The Labute approximate surface area is 137 Å². The molecule has 23 heavy (non-hydrogen) atoms. The van der Waals surface area contributed by atoms with Gasteiger partial charge in [0.05, 0.1) is 19.6 Å². The summed E-state index contributed by atoms with van der Waals surface area (Å²) in [5.74, 6) is -0.222. The predicted molar refractivity (Wildman–Crippen MR) is 85.9 cm³/mol. The van der Waals surface area contributed by atoms with E-state index in [0.717, 1.165) is 4.88 Å². The number of carboxylic acids is 1. The Balaban J connectivity index is 1.92. The van der Waals surface area contributed by atoms with Crippen LogP contribution >= 0.6 is 11.3 Å². The molecule has 0 saturated carbocycles. The van der Waals surface area contributed by atoms with E-state index in [2.05, 4.69) is 5.32 Å². The van der Waals surface area contributed by atoms with Crippen LogP contribution in [0.1, 0.15) is 17.3 Å². The number of carboxylic acid groups (broad SMARTS) is 1. The van der Waals surface area contributed by atoms with Gasteiger partial charge in [-0.2, -0.15) is 0 Å². The van der Waals surface area contributed by atoms with Crippen LogP contribution in [0.3, 0.4) is 0 Å². The smallest absolute Gasteiger partial charge is 0.305 e. The zero-order valence-corrected chi connectivity index (χ0v) is 13.3. The number of rotatable bonds is 8. The second-order valence-corrected chi connectivity index (χ2v) is 5.68. The van der Waals surface area contributed by atoms with Gasteiger partial charge in [-0.05, 0) is 23.6 Å². The molecule has 0 radical (unpaired) electrons. The van der Waals surface area contributed by atoms with E-state index < -0.39 is 12.0 Å². The number of carbonyl (C=O) groups is 2. The van der Waals surface area contributed by atoms with Crippen LogP contribution in [0.4, 0.5) is 0 Å². The van der Waals surface area contributed by atoms with Crippen molar-refractivity contribution in [2.45, 2.75) is 12.5 Å². The Morgan fingerprint density at radius 3 is 2.70 bits per heavy atom. The molecule has 6 nitrogen and oxygen atoms in total. The summed E-state index contributed by atoms with van der Waals surface area (Å²) in [6, 6.07) is 9.95. The summed E-state index contributed by atoms with van der Waals surface area (Å²) in [6.45, 7) is -0.200. The van der Waals surface area contributed by atoms with Gasteiger partial charge in [0.15, 0.2) is 6.61 Å². The lowest BCUT2D eigenvalue weighted by molar-refractivity contribution is -0.137. The van der Waals surface area contributed by atoms with Gasteiger partial charge >= 0.3 is 5.97 Å². The zero-order chi connectivity index (χ0) is 16.7. The van der Waals surface area contributed by atoms with Gasteiger partial charge in [-0.1, -0.05) is 12.1 Å². The van der Waals surface area contributed by atoms with Crippen LogP contribution in [0.25, 0.3) is 0 Å². The maximum Gasteiger partial charge on any atom is 0.305 e. The lowest BCUT2D eigenvalue weighted by Gasteiger charge is -2.16. The first-order valence-corrected chi connectivity index (χ1v) is 7.78. The fourth-order valence-corrected chi connectivity index (χ4v) is 2.74. The molecule has 7 heteroatoms. The van der Waals surface area contributed by atoms with Crippen molar-refractivity contribution >= 4 is 23.2 Å². The summed E-state index contributed by atoms with van der Waals surface area (Å²) in [5.41, 5.74) is 0. The van der Waals surface area contributed by atoms with E-state index in [-0.39, 0.29) is 18.9 Å². The highest BCUT2D eigenvalue weighted by molar-refractivity contribution is 7.10. The Hall–Kier alpha value is -2.54. The van der Waals surface area contributed by atoms with Gasteiger partial charge in [0.2, 0.25) is 0 Å². The predicted octanol–water partition coefficient (Wildman–Crippen LogP) is 2.47. The van der Waals surface area contributed by atoms with Crippen molar-refractivity contribution in [3.63, 3.8) is 0 Å². The number of benzene rings is 1. The minimum Gasteiger partial charge on any atom is -0.497 e. The quantitative estimate of drug-likeness (QED) is 0.774. The number of hydrogen-bond donors (Lipinski definition) is 2. The molecule has 1 atom stereocenters. The SMILES string of the molecule is COc1cccc(OCC(=O)NC(CC(=O)O)c2cccs2)c1. The van der Waals surface area contributed by atoms with Crippen molar-refractivity contribution in [1.29, 1.82) is 0 Å². The molecule has 0 aliphatic heterocycles. The third-order valence-electron chi connectivity index (χ3n) is 3.01. The molecule has 1 aromatic carbocycles. The van der Waals surface area contributed by atoms with Crippen LogP contribution in [-0.4, -0.2) is 30.7 Å². The Bertz CT molecular complexity index is 656. The Morgan fingerprint density at radius 1 is 1.26 bits per heavy atom. The maximum absolute atomic E-state index is 12.0. The summed E-state index contributed by atoms with van der Waals surface area (Å²) in [7, 11) is 1.54. The standard InChI is InChI=1S/C16H17NO5S/c1-21-11-4-2-5-12(8-11)22-10-15(18)17-13(9-16(19)20)14-6-3-7-23-14/h2-8,13H,9-10H2,1H3,(H,17,18)(H,19,20). The van der Waals surface area contributed by atoms with Crippen molar-refractivity contribution in [1.82, 2.24) is 5.32 Å². The highest BCUT2D eigenvalue weighted by atomic mass is 32.1. The average Bonchev–Trinajstić information content (AvgIpc) is 3.06. The second-order valence-electron chi connectivity index (χ2n) is 4.70. The highest BCUT2D eigenvalue weighted by Crippen LogP contribution is 2.22. The molecule has 0 fully saturated rings. The number of aliphatic carboxylic acids is 1. The summed E-state index contributed by atoms with van der Waals surface area (Å²) in [6.07, 6.45) is -0.175. The van der Waals surface area contributed by atoms with Gasteiger partial charge in [0.1, 0.15) is 11.5 Å². The molecule has 2 N–H and O–H groups in total. The topological polar surface area (TPSA) is 84.9 Å². The zero-order valence-electron chi connectivity index (χ0n) is 12.5. The van der Waals surface area contributed by atoms with Crippen molar-refractivity contribution in [3.8, 4) is 11.5 Å². The molecule has 1 heterocycles. The first kappa shape index (κ1) is 16.8. The molecule has 1 amide bonds. The lowest BCUT2D eigenvalue weighted by Crippen LogP contribution is -2.33. The first-order valence-electron chi connectivity index (χ1n) is 6.90. The van der Waals surface area contributed by atoms with Crippen LogP contribution in [-0.2, 0) is 9.59 Å².